The molecule has 0 unspecified atom stereocenters. The molecule has 0 amide bonds. The second-order valence-electron chi connectivity index (χ2n) is 4.86. The fourth-order valence-corrected chi connectivity index (χ4v) is 3.73. The molecule has 1 aliphatic heterocycles. The van der Waals surface area contributed by atoms with Gasteiger partial charge in [0.25, 0.3) is 0 Å². The molecule has 1 saturated heterocycles. The average molecular weight is 251 g/mol. The molecule has 1 aromatic rings. The number of thioether (sulfide) groups is 1. The first kappa shape index (κ1) is 11.1. The molecule has 17 heavy (non-hydrogen) atoms. The van der Waals surface area contributed by atoms with Crippen LogP contribution in [-0.2, 0) is 13.6 Å². The van der Waals surface area contributed by atoms with Crippen molar-refractivity contribution in [3.8, 4) is 0 Å². The van der Waals surface area contributed by atoms with Gasteiger partial charge in [0.2, 0.25) is 0 Å². The van der Waals surface area contributed by atoms with E-state index in [1.807, 2.05) is 18.8 Å². The minimum absolute atomic E-state index is 0.348. The Kier molecular flexibility index (Phi) is 2.82. The van der Waals surface area contributed by atoms with Crippen molar-refractivity contribution in [2.24, 2.45) is 12.0 Å². The van der Waals surface area contributed by atoms with Crippen LogP contribution in [0.2, 0.25) is 0 Å². The molecular weight excluding hydrogens is 234 g/mol. The van der Waals surface area contributed by atoms with E-state index in [1.165, 1.54) is 31.4 Å². The van der Waals surface area contributed by atoms with Gasteiger partial charge >= 0.3 is 0 Å². The normalized spacial score (nSPS) is 24.6. The van der Waals surface area contributed by atoms with Gasteiger partial charge in [-0.2, -0.15) is 5.10 Å². The van der Waals surface area contributed by atoms with Gasteiger partial charge in [-0.3, -0.25) is 9.67 Å². The summed E-state index contributed by atoms with van der Waals surface area (Å²) < 4.78 is 1.71. The molecule has 0 radical (unpaired) electrons. The van der Waals surface area contributed by atoms with E-state index < -0.39 is 0 Å². The van der Waals surface area contributed by atoms with Gasteiger partial charge in [0.1, 0.15) is 12.9 Å². The maximum absolute atomic E-state index is 4.56. The number of aliphatic imine (C=N–C) groups is 1. The molecular formula is C11H17N5S. The van der Waals surface area contributed by atoms with Crippen LogP contribution in [-0.4, -0.2) is 31.2 Å². The Morgan fingerprint density at radius 2 is 2.35 bits per heavy atom. The number of aromatic nitrogens is 3. The van der Waals surface area contributed by atoms with Crippen LogP contribution in [0.1, 0.15) is 31.5 Å². The maximum atomic E-state index is 4.56. The molecule has 1 saturated carbocycles. The SMILES string of the molecule is Cn1cnc(CN=C2NC3(CCCC3)CS2)n1. The van der Waals surface area contributed by atoms with Crippen LogP contribution in [0.3, 0.4) is 0 Å². The predicted octanol–water partition coefficient (Wildman–Crippen LogP) is 1.32. The van der Waals surface area contributed by atoms with E-state index in [-0.39, 0.29) is 0 Å². The van der Waals surface area contributed by atoms with Crippen molar-refractivity contribution in [3.05, 3.63) is 12.2 Å². The summed E-state index contributed by atoms with van der Waals surface area (Å²) in [6, 6.07) is 0. The van der Waals surface area contributed by atoms with E-state index in [1.54, 1.807) is 11.0 Å². The Balaban J connectivity index is 1.62. The minimum Gasteiger partial charge on any atom is -0.359 e. The molecule has 1 spiro atoms. The van der Waals surface area contributed by atoms with E-state index in [4.69, 9.17) is 0 Å². The molecule has 1 aromatic heterocycles. The number of aryl methyl sites for hydroxylation is 1. The molecule has 2 fully saturated rings. The maximum Gasteiger partial charge on any atom is 0.172 e. The van der Waals surface area contributed by atoms with Crippen molar-refractivity contribution in [2.75, 3.05) is 5.75 Å². The molecule has 3 rings (SSSR count). The molecule has 6 heteroatoms. The van der Waals surface area contributed by atoms with Gasteiger partial charge in [-0.15, -0.1) is 0 Å². The van der Waals surface area contributed by atoms with Crippen LogP contribution in [0, 0.1) is 0 Å². The smallest absolute Gasteiger partial charge is 0.172 e. The Labute approximate surface area is 105 Å². The zero-order chi connectivity index (χ0) is 11.7. The zero-order valence-corrected chi connectivity index (χ0v) is 10.8. The van der Waals surface area contributed by atoms with E-state index in [0.717, 1.165) is 11.0 Å². The summed E-state index contributed by atoms with van der Waals surface area (Å²) >= 11 is 1.84. The summed E-state index contributed by atoms with van der Waals surface area (Å²) in [7, 11) is 1.87. The third kappa shape index (κ3) is 2.31. The van der Waals surface area contributed by atoms with Crippen LogP contribution >= 0.6 is 11.8 Å². The summed E-state index contributed by atoms with van der Waals surface area (Å²) in [6.07, 6.45) is 7.00. The van der Waals surface area contributed by atoms with Gasteiger partial charge in [0.15, 0.2) is 11.0 Å². The number of amidine groups is 1. The zero-order valence-electron chi connectivity index (χ0n) is 10.0. The van der Waals surface area contributed by atoms with Gasteiger partial charge < -0.3 is 5.32 Å². The molecule has 2 heterocycles. The fraction of sp³-hybridized carbons (Fsp3) is 0.727. The molecule has 0 aromatic carbocycles. The molecule has 92 valence electrons. The Morgan fingerprint density at radius 3 is 3.06 bits per heavy atom. The summed E-state index contributed by atoms with van der Waals surface area (Å²) in [4.78, 5) is 8.73. The second-order valence-corrected chi connectivity index (χ2v) is 5.82. The minimum atomic E-state index is 0.348. The van der Waals surface area contributed by atoms with E-state index in [9.17, 15) is 0 Å². The number of nitrogens with one attached hydrogen (secondary N) is 1. The highest BCUT2D eigenvalue weighted by molar-refractivity contribution is 8.14. The van der Waals surface area contributed by atoms with E-state index in [2.05, 4.69) is 20.4 Å². The fourth-order valence-electron chi connectivity index (χ4n) is 2.51. The van der Waals surface area contributed by atoms with Crippen LogP contribution in [0.25, 0.3) is 0 Å². The summed E-state index contributed by atoms with van der Waals surface area (Å²) in [5.41, 5.74) is 0.348. The molecule has 2 aliphatic rings. The summed E-state index contributed by atoms with van der Waals surface area (Å²) in [6.45, 7) is 0.576. The lowest BCUT2D eigenvalue weighted by atomic mass is 10.0. The van der Waals surface area contributed by atoms with Gasteiger partial charge in [0.05, 0.1) is 0 Å². The third-order valence-electron chi connectivity index (χ3n) is 3.43. The summed E-state index contributed by atoms with van der Waals surface area (Å²) in [5, 5.41) is 8.88. The van der Waals surface area contributed by atoms with Gasteiger partial charge in [-0.25, -0.2) is 4.98 Å². The topological polar surface area (TPSA) is 55.1 Å². The highest BCUT2D eigenvalue weighted by atomic mass is 32.2. The van der Waals surface area contributed by atoms with Crippen LogP contribution in [0.4, 0.5) is 0 Å². The highest BCUT2D eigenvalue weighted by Crippen LogP contribution is 2.37. The first-order valence-electron chi connectivity index (χ1n) is 6.06. The lowest BCUT2D eigenvalue weighted by Gasteiger charge is -2.21. The number of hydrogen-bond donors (Lipinski definition) is 1. The standard InChI is InChI=1S/C11H17N5S/c1-16-8-13-9(15-16)6-12-10-14-11(7-17-10)4-2-3-5-11/h8H,2-7H2,1H3,(H,12,14). The number of hydrogen-bond acceptors (Lipinski definition) is 4. The van der Waals surface area contributed by atoms with Crippen molar-refractivity contribution >= 4 is 16.9 Å². The predicted molar refractivity (Wildman–Crippen MR) is 68.9 cm³/mol. The van der Waals surface area contributed by atoms with Crippen molar-refractivity contribution in [1.82, 2.24) is 20.1 Å². The Hall–Kier alpha value is -1.04. The quantitative estimate of drug-likeness (QED) is 0.861. The average Bonchev–Trinajstić information content (AvgIpc) is 3.01. The van der Waals surface area contributed by atoms with Crippen molar-refractivity contribution in [3.63, 3.8) is 0 Å². The largest absolute Gasteiger partial charge is 0.359 e. The van der Waals surface area contributed by atoms with E-state index in [0.29, 0.717) is 12.1 Å². The number of nitrogens with zero attached hydrogens (tertiary/aromatic N) is 4. The molecule has 0 atom stereocenters. The van der Waals surface area contributed by atoms with E-state index >= 15 is 0 Å². The van der Waals surface area contributed by atoms with Crippen molar-refractivity contribution in [1.29, 1.82) is 0 Å². The molecule has 1 aliphatic carbocycles. The number of rotatable bonds is 2. The van der Waals surface area contributed by atoms with Gasteiger partial charge in [-0.1, -0.05) is 24.6 Å². The molecule has 5 nitrogen and oxygen atoms in total. The lowest BCUT2D eigenvalue weighted by Crippen LogP contribution is -2.40. The van der Waals surface area contributed by atoms with Crippen molar-refractivity contribution < 1.29 is 0 Å². The van der Waals surface area contributed by atoms with Gasteiger partial charge in [0, 0.05) is 18.3 Å². The molecule has 0 bridgehead atoms. The van der Waals surface area contributed by atoms with Crippen LogP contribution in [0.5, 0.6) is 0 Å². The van der Waals surface area contributed by atoms with Crippen LogP contribution in [0.15, 0.2) is 11.3 Å². The van der Waals surface area contributed by atoms with Gasteiger partial charge in [-0.05, 0) is 12.8 Å². The van der Waals surface area contributed by atoms with Crippen molar-refractivity contribution in [2.45, 2.75) is 37.8 Å². The Bertz CT molecular complexity index is 433. The third-order valence-corrected chi connectivity index (χ3v) is 4.63. The molecule has 1 N–H and O–H groups in total. The second kappa shape index (κ2) is 4.33. The van der Waals surface area contributed by atoms with Crippen LogP contribution < -0.4 is 5.32 Å². The monoisotopic (exact) mass is 251 g/mol. The highest BCUT2D eigenvalue weighted by Gasteiger charge is 2.39. The first-order valence-corrected chi connectivity index (χ1v) is 7.04. The lowest BCUT2D eigenvalue weighted by molar-refractivity contribution is 0.452. The first-order chi connectivity index (χ1) is 8.26. The Morgan fingerprint density at radius 1 is 1.53 bits per heavy atom. The summed E-state index contributed by atoms with van der Waals surface area (Å²) in [5.74, 6) is 1.95.